The molecule has 5 nitrogen and oxygen atoms in total. The number of hydrogen-bond donors (Lipinski definition) is 2. The van der Waals surface area contributed by atoms with Gasteiger partial charge in [-0.15, -0.1) is 11.3 Å². The number of ether oxygens (including phenoxy) is 1. The topological polar surface area (TPSA) is 63.2 Å². The summed E-state index contributed by atoms with van der Waals surface area (Å²) in [6.45, 7) is 2.64. The molecule has 1 amide bonds. The molecule has 1 saturated heterocycles. The highest BCUT2D eigenvalue weighted by atomic mass is 32.1. The van der Waals surface area contributed by atoms with E-state index in [1.54, 1.807) is 17.5 Å². The molecule has 16 heavy (non-hydrogen) atoms. The number of nitrogens with zero attached hydrogens (tertiary/aromatic N) is 1. The van der Waals surface area contributed by atoms with Crippen molar-refractivity contribution in [2.75, 3.05) is 26.2 Å². The molecule has 1 fully saturated rings. The molecule has 1 aromatic heterocycles. The average molecular weight is 241 g/mol. The molecular weight excluding hydrogens is 226 g/mol. The van der Waals surface area contributed by atoms with E-state index in [9.17, 15) is 4.79 Å². The lowest BCUT2D eigenvalue weighted by Crippen LogP contribution is -2.48. The molecule has 1 aromatic rings. The van der Waals surface area contributed by atoms with Crippen molar-refractivity contribution in [1.82, 2.24) is 15.6 Å². The summed E-state index contributed by atoms with van der Waals surface area (Å²) in [6, 6.07) is 0. The predicted octanol–water partition coefficient (Wildman–Crippen LogP) is -0.210. The molecule has 1 atom stereocenters. The van der Waals surface area contributed by atoms with Crippen LogP contribution in [0.5, 0.6) is 0 Å². The van der Waals surface area contributed by atoms with E-state index in [-0.39, 0.29) is 12.0 Å². The molecule has 6 heteroatoms. The first-order valence-electron chi connectivity index (χ1n) is 5.34. The Hall–Kier alpha value is -0.980. The molecule has 0 bridgehead atoms. The molecule has 0 spiro atoms. The van der Waals surface area contributed by atoms with E-state index in [1.807, 2.05) is 5.38 Å². The van der Waals surface area contributed by atoms with Gasteiger partial charge >= 0.3 is 0 Å². The number of thiazole rings is 1. The van der Waals surface area contributed by atoms with Gasteiger partial charge in [0.1, 0.15) is 6.10 Å². The van der Waals surface area contributed by atoms with Gasteiger partial charge < -0.3 is 15.4 Å². The zero-order valence-corrected chi connectivity index (χ0v) is 9.76. The number of morpholine rings is 1. The van der Waals surface area contributed by atoms with Crippen molar-refractivity contribution in [2.45, 2.75) is 12.5 Å². The number of carbonyl (C=O) groups excluding carboxylic acids is 1. The van der Waals surface area contributed by atoms with Gasteiger partial charge in [0.2, 0.25) is 5.91 Å². The Labute approximate surface area is 98.2 Å². The molecule has 2 N–H and O–H groups in total. The van der Waals surface area contributed by atoms with Gasteiger partial charge in [-0.25, -0.2) is 4.98 Å². The maximum Gasteiger partial charge on any atom is 0.250 e. The Kier molecular flexibility index (Phi) is 4.26. The first kappa shape index (κ1) is 11.5. The van der Waals surface area contributed by atoms with Crippen LogP contribution >= 0.6 is 11.3 Å². The molecule has 0 radical (unpaired) electrons. The van der Waals surface area contributed by atoms with Crippen molar-refractivity contribution in [3.63, 3.8) is 0 Å². The number of aromatic nitrogens is 1. The van der Waals surface area contributed by atoms with Crippen molar-refractivity contribution in [3.05, 3.63) is 16.6 Å². The molecule has 2 heterocycles. The van der Waals surface area contributed by atoms with Crippen molar-refractivity contribution in [3.8, 4) is 0 Å². The SMILES string of the molecule is O=C(NCCc1nccs1)C1CNCCO1. The Morgan fingerprint density at radius 1 is 1.75 bits per heavy atom. The third-order valence-electron chi connectivity index (χ3n) is 2.34. The summed E-state index contributed by atoms with van der Waals surface area (Å²) in [4.78, 5) is 15.8. The van der Waals surface area contributed by atoms with Crippen LogP contribution in [0.4, 0.5) is 0 Å². The summed E-state index contributed by atoms with van der Waals surface area (Å²) in [5, 5.41) is 8.96. The van der Waals surface area contributed by atoms with Gasteiger partial charge in [-0.05, 0) is 0 Å². The maximum absolute atomic E-state index is 11.6. The molecule has 0 aromatic carbocycles. The maximum atomic E-state index is 11.6. The fourth-order valence-electron chi connectivity index (χ4n) is 1.52. The van der Waals surface area contributed by atoms with Gasteiger partial charge in [0.25, 0.3) is 0 Å². The first-order chi connectivity index (χ1) is 7.86. The van der Waals surface area contributed by atoms with Gasteiger partial charge in [-0.3, -0.25) is 4.79 Å². The van der Waals surface area contributed by atoms with E-state index in [0.29, 0.717) is 19.7 Å². The number of hydrogen-bond acceptors (Lipinski definition) is 5. The minimum absolute atomic E-state index is 0.0382. The second-order valence-electron chi connectivity index (χ2n) is 3.53. The lowest BCUT2D eigenvalue weighted by Gasteiger charge is -2.22. The third-order valence-corrected chi connectivity index (χ3v) is 3.18. The largest absolute Gasteiger partial charge is 0.366 e. The smallest absolute Gasteiger partial charge is 0.250 e. The van der Waals surface area contributed by atoms with Crippen molar-refractivity contribution in [2.24, 2.45) is 0 Å². The van der Waals surface area contributed by atoms with Gasteiger partial charge in [0, 0.05) is 37.6 Å². The molecule has 0 saturated carbocycles. The van der Waals surface area contributed by atoms with E-state index in [0.717, 1.165) is 18.0 Å². The normalized spacial score (nSPS) is 20.6. The predicted molar refractivity (Wildman–Crippen MR) is 61.4 cm³/mol. The van der Waals surface area contributed by atoms with Crippen LogP contribution in [0.2, 0.25) is 0 Å². The summed E-state index contributed by atoms with van der Waals surface area (Å²) in [5.41, 5.74) is 0. The van der Waals surface area contributed by atoms with Crippen LogP contribution in [0.3, 0.4) is 0 Å². The Bertz CT molecular complexity index is 323. The van der Waals surface area contributed by atoms with E-state index < -0.39 is 0 Å². The van der Waals surface area contributed by atoms with Crippen LogP contribution in [0.25, 0.3) is 0 Å². The van der Waals surface area contributed by atoms with Crippen LogP contribution in [-0.2, 0) is 16.0 Å². The fraction of sp³-hybridized carbons (Fsp3) is 0.600. The van der Waals surface area contributed by atoms with E-state index >= 15 is 0 Å². The Morgan fingerprint density at radius 3 is 3.38 bits per heavy atom. The number of carbonyl (C=O) groups is 1. The lowest BCUT2D eigenvalue weighted by molar-refractivity contribution is -0.134. The molecule has 1 aliphatic heterocycles. The van der Waals surface area contributed by atoms with Crippen LogP contribution in [0.1, 0.15) is 5.01 Å². The van der Waals surface area contributed by atoms with Gasteiger partial charge in [-0.1, -0.05) is 0 Å². The van der Waals surface area contributed by atoms with Crippen LogP contribution in [0.15, 0.2) is 11.6 Å². The monoisotopic (exact) mass is 241 g/mol. The Balaban J connectivity index is 1.67. The standard InChI is InChI=1S/C10H15N3O2S/c14-10(8-7-11-3-5-15-8)13-2-1-9-12-4-6-16-9/h4,6,8,11H,1-3,5,7H2,(H,13,14). The summed E-state index contributed by atoms with van der Waals surface area (Å²) in [5.74, 6) is -0.0382. The quantitative estimate of drug-likeness (QED) is 0.765. The van der Waals surface area contributed by atoms with Crippen LogP contribution in [0, 0.1) is 0 Å². The zero-order chi connectivity index (χ0) is 11.2. The highest BCUT2D eigenvalue weighted by Crippen LogP contribution is 2.03. The van der Waals surface area contributed by atoms with Gasteiger partial charge in [0.05, 0.1) is 11.6 Å². The average Bonchev–Trinajstić information content (AvgIpc) is 2.83. The fourth-order valence-corrected chi connectivity index (χ4v) is 2.14. The minimum Gasteiger partial charge on any atom is -0.366 e. The summed E-state index contributed by atoms with van der Waals surface area (Å²) < 4.78 is 5.34. The van der Waals surface area contributed by atoms with E-state index in [1.165, 1.54) is 0 Å². The second-order valence-corrected chi connectivity index (χ2v) is 4.51. The van der Waals surface area contributed by atoms with E-state index in [2.05, 4.69) is 15.6 Å². The highest BCUT2D eigenvalue weighted by molar-refractivity contribution is 7.09. The molecule has 88 valence electrons. The summed E-state index contributed by atoms with van der Waals surface area (Å²) in [7, 11) is 0. The lowest BCUT2D eigenvalue weighted by atomic mass is 10.3. The molecule has 1 unspecified atom stereocenters. The number of rotatable bonds is 4. The van der Waals surface area contributed by atoms with Gasteiger partial charge in [-0.2, -0.15) is 0 Å². The summed E-state index contributed by atoms with van der Waals surface area (Å²) in [6.07, 6.45) is 2.21. The Morgan fingerprint density at radius 2 is 2.69 bits per heavy atom. The molecular formula is C10H15N3O2S. The molecule has 2 rings (SSSR count). The molecule has 1 aliphatic rings. The highest BCUT2D eigenvalue weighted by Gasteiger charge is 2.20. The molecule has 0 aliphatic carbocycles. The van der Waals surface area contributed by atoms with Crippen molar-refractivity contribution < 1.29 is 9.53 Å². The van der Waals surface area contributed by atoms with Crippen LogP contribution < -0.4 is 10.6 Å². The van der Waals surface area contributed by atoms with Crippen molar-refractivity contribution >= 4 is 17.2 Å². The minimum atomic E-state index is -0.343. The summed E-state index contributed by atoms with van der Waals surface area (Å²) >= 11 is 1.60. The van der Waals surface area contributed by atoms with Crippen molar-refractivity contribution in [1.29, 1.82) is 0 Å². The third kappa shape index (κ3) is 3.26. The van der Waals surface area contributed by atoms with Gasteiger partial charge in [0.15, 0.2) is 0 Å². The van der Waals surface area contributed by atoms with E-state index in [4.69, 9.17) is 4.74 Å². The zero-order valence-electron chi connectivity index (χ0n) is 8.94. The van der Waals surface area contributed by atoms with Crippen LogP contribution in [-0.4, -0.2) is 43.2 Å². The number of nitrogens with one attached hydrogen (secondary N) is 2. The second kappa shape index (κ2) is 5.93. The first-order valence-corrected chi connectivity index (χ1v) is 6.22. The number of amides is 1.